The van der Waals surface area contributed by atoms with Crippen molar-refractivity contribution in [1.82, 2.24) is 0 Å². The number of hydrogen-bond acceptors (Lipinski definition) is 5. The lowest BCUT2D eigenvalue weighted by molar-refractivity contribution is 0.568. The third kappa shape index (κ3) is 3.18. The second-order valence-corrected chi connectivity index (χ2v) is 6.92. The molecule has 0 spiro atoms. The van der Waals surface area contributed by atoms with E-state index in [1.165, 1.54) is 0 Å². The minimum absolute atomic E-state index is 0.0118. The highest BCUT2D eigenvalue weighted by Gasteiger charge is 2.35. The van der Waals surface area contributed by atoms with E-state index < -0.39 is 0 Å². The molecule has 0 bridgehead atoms. The average Bonchev–Trinajstić information content (AvgIpc) is 2.99. The van der Waals surface area contributed by atoms with Crippen LogP contribution in [-0.2, 0) is 0 Å². The summed E-state index contributed by atoms with van der Waals surface area (Å²) < 4.78 is 0.972. The highest BCUT2D eigenvalue weighted by molar-refractivity contribution is 9.10. The van der Waals surface area contributed by atoms with E-state index in [0.717, 1.165) is 21.4 Å². The SMILES string of the molecule is C[C@@H]1C(c2ccc(C#N)c(C#N)c2)=NN(c2ccc(Br)cc2)[C@H]1CC#N. The van der Waals surface area contributed by atoms with Crippen molar-refractivity contribution in [1.29, 1.82) is 15.8 Å². The summed E-state index contributed by atoms with van der Waals surface area (Å²) in [5.74, 6) is 0.0118. The third-order valence-corrected chi connectivity index (χ3v) is 5.01. The van der Waals surface area contributed by atoms with Crippen LogP contribution in [0.3, 0.4) is 0 Å². The van der Waals surface area contributed by atoms with Crippen LogP contribution in [0.5, 0.6) is 0 Å². The largest absolute Gasteiger partial charge is 0.260 e. The predicted octanol–water partition coefficient (Wildman–Crippen LogP) is 4.34. The maximum atomic E-state index is 9.28. The van der Waals surface area contributed by atoms with Crippen molar-refractivity contribution in [2.75, 3.05) is 5.01 Å². The molecule has 6 heteroatoms. The molecule has 2 aromatic rings. The highest BCUT2D eigenvalue weighted by Crippen LogP contribution is 2.33. The molecule has 3 rings (SSSR count). The van der Waals surface area contributed by atoms with Crippen LogP contribution < -0.4 is 5.01 Å². The number of nitrogens with zero attached hydrogens (tertiary/aromatic N) is 5. The molecular weight excluding hydrogens is 390 g/mol. The number of anilines is 1. The van der Waals surface area contributed by atoms with Crippen LogP contribution in [0.25, 0.3) is 0 Å². The van der Waals surface area contributed by atoms with Crippen molar-refractivity contribution < 1.29 is 0 Å². The van der Waals surface area contributed by atoms with Crippen molar-refractivity contribution in [2.24, 2.45) is 11.0 Å². The van der Waals surface area contributed by atoms with Gasteiger partial charge in [-0.3, -0.25) is 5.01 Å². The number of halogens is 1. The quantitative estimate of drug-likeness (QED) is 0.762. The van der Waals surface area contributed by atoms with Gasteiger partial charge in [-0.2, -0.15) is 20.9 Å². The predicted molar refractivity (Wildman–Crippen MR) is 102 cm³/mol. The minimum Gasteiger partial charge on any atom is -0.260 e. The van der Waals surface area contributed by atoms with Gasteiger partial charge < -0.3 is 0 Å². The molecule has 1 aliphatic rings. The van der Waals surface area contributed by atoms with Gasteiger partial charge in [-0.05, 0) is 42.0 Å². The molecular formula is C20H14BrN5. The van der Waals surface area contributed by atoms with E-state index >= 15 is 0 Å². The van der Waals surface area contributed by atoms with Gasteiger partial charge in [-0.15, -0.1) is 0 Å². The Morgan fingerprint density at radius 1 is 1.04 bits per heavy atom. The standard InChI is InChI=1S/C20H14BrN5/c1-13-19(8-9-22)26(18-6-4-17(21)5-7-18)25-20(13)14-2-3-15(11-23)16(10-14)12-24/h2-7,10,13,19H,8H2,1H3/t13-,19-/m0/s1. The van der Waals surface area contributed by atoms with Gasteiger partial charge in [0.05, 0.1) is 41.1 Å². The third-order valence-electron chi connectivity index (χ3n) is 4.49. The normalized spacial score (nSPS) is 18.6. The molecule has 1 aliphatic heterocycles. The van der Waals surface area contributed by atoms with E-state index in [9.17, 15) is 10.5 Å². The van der Waals surface area contributed by atoms with Gasteiger partial charge >= 0.3 is 0 Å². The molecule has 2 atom stereocenters. The smallest absolute Gasteiger partial charge is 0.101 e. The van der Waals surface area contributed by atoms with Crippen molar-refractivity contribution in [2.45, 2.75) is 19.4 Å². The Morgan fingerprint density at radius 2 is 1.73 bits per heavy atom. The number of benzene rings is 2. The lowest BCUT2D eigenvalue weighted by Crippen LogP contribution is -2.31. The van der Waals surface area contributed by atoms with E-state index in [0.29, 0.717) is 17.5 Å². The van der Waals surface area contributed by atoms with Gasteiger partial charge in [0.2, 0.25) is 0 Å². The fourth-order valence-corrected chi connectivity index (χ4v) is 3.35. The lowest BCUT2D eigenvalue weighted by atomic mass is 9.90. The number of hydrogen-bond donors (Lipinski definition) is 0. The Kier molecular flexibility index (Phi) is 5.03. The second kappa shape index (κ2) is 7.40. The first-order valence-corrected chi connectivity index (χ1v) is 8.83. The molecule has 0 aliphatic carbocycles. The maximum Gasteiger partial charge on any atom is 0.101 e. The van der Waals surface area contributed by atoms with E-state index in [1.807, 2.05) is 48.3 Å². The molecule has 0 fully saturated rings. The Labute approximate surface area is 160 Å². The monoisotopic (exact) mass is 403 g/mol. The zero-order chi connectivity index (χ0) is 18.7. The molecule has 0 aromatic heterocycles. The Balaban J connectivity index is 2.06. The van der Waals surface area contributed by atoms with Crippen molar-refractivity contribution in [3.63, 3.8) is 0 Å². The zero-order valence-corrected chi connectivity index (χ0v) is 15.6. The van der Waals surface area contributed by atoms with Crippen LogP contribution in [0.15, 0.2) is 52.0 Å². The molecule has 1 heterocycles. The molecule has 0 saturated carbocycles. The molecule has 0 N–H and O–H groups in total. The highest BCUT2D eigenvalue weighted by atomic mass is 79.9. The van der Waals surface area contributed by atoms with E-state index in [1.54, 1.807) is 12.1 Å². The Hall–Kier alpha value is -3.14. The van der Waals surface area contributed by atoms with Crippen LogP contribution >= 0.6 is 15.9 Å². The minimum atomic E-state index is -0.0858. The molecule has 0 radical (unpaired) electrons. The summed E-state index contributed by atoms with van der Waals surface area (Å²) in [6, 6.07) is 19.2. The molecule has 5 nitrogen and oxygen atoms in total. The summed E-state index contributed by atoms with van der Waals surface area (Å²) >= 11 is 3.43. The van der Waals surface area contributed by atoms with Gasteiger partial charge in [-0.1, -0.05) is 28.9 Å². The van der Waals surface area contributed by atoms with Crippen LogP contribution in [-0.4, -0.2) is 11.8 Å². The summed E-state index contributed by atoms with van der Waals surface area (Å²) in [5.41, 5.74) is 3.20. The lowest BCUT2D eigenvalue weighted by Gasteiger charge is -2.24. The summed E-state index contributed by atoms with van der Waals surface area (Å²) in [7, 11) is 0. The van der Waals surface area contributed by atoms with E-state index in [4.69, 9.17) is 10.4 Å². The molecule has 0 amide bonds. The Bertz CT molecular complexity index is 989. The average molecular weight is 404 g/mol. The fraction of sp³-hybridized carbons (Fsp3) is 0.200. The van der Waals surface area contributed by atoms with Crippen LogP contribution in [0.1, 0.15) is 30.0 Å². The first-order chi connectivity index (χ1) is 12.6. The van der Waals surface area contributed by atoms with E-state index in [2.05, 4.69) is 28.1 Å². The fourth-order valence-electron chi connectivity index (χ4n) is 3.09. The topological polar surface area (TPSA) is 87.0 Å². The molecule has 126 valence electrons. The van der Waals surface area contributed by atoms with Crippen LogP contribution in [0.4, 0.5) is 5.69 Å². The first-order valence-electron chi connectivity index (χ1n) is 8.04. The maximum absolute atomic E-state index is 9.28. The molecule has 0 saturated heterocycles. The second-order valence-electron chi connectivity index (χ2n) is 6.01. The van der Waals surface area contributed by atoms with Gasteiger partial charge in [0, 0.05) is 10.4 Å². The van der Waals surface area contributed by atoms with Crippen molar-refractivity contribution in [3.8, 4) is 18.2 Å². The first kappa shape index (κ1) is 17.7. The molecule has 26 heavy (non-hydrogen) atoms. The summed E-state index contributed by atoms with van der Waals surface area (Å²) in [5, 5.41) is 34.3. The Morgan fingerprint density at radius 3 is 2.35 bits per heavy atom. The number of rotatable bonds is 3. The summed E-state index contributed by atoms with van der Waals surface area (Å²) in [6.45, 7) is 2.03. The summed E-state index contributed by atoms with van der Waals surface area (Å²) in [4.78, 5) is 0. The zero-order valence-electron chi connectivity index (χ0n) is 14.0. The van der Waals surface area contributed by atoms with Gasteiger partial charge in [0.1, 0.15) is 12.1 Å². The number of nitriles is 3. The van der Waals surface area contributed by atoms with Gasteiger partial charge in [-0.25, -0.2) is 0 Å². The molecule has 0 unspecified atom stereocenters. The van der Waals surface area contributed by atoms with E-state index in [-0.39, 0.29) is 12.0 Å². The summed E-state index contributed by atoms with van der Waals surface area (Å²) in [6.07, 6.45) is 0.339. The van der Waals surface area contributed by atoms with Crippen molar-refractivity contribution >= 4 is 27.3 Å². The van der Waals surface area contributed by atoms with Crippen LogP contribution in [0.2, 0.25) is 0 Å². The molecule has 2 aromatic carbocycles. The van der Waals surface area contributed by atoms with Crippen molar-refractivity contribution in [3.05, 3.63) is 63.6 Å². The van der Waals surface area contributed by atoms with Gasteiger partial charge in [0.25, 0.3) is 0 Å². The van der Waals surface area contributed by atoms with Crippen LogP contribution in [0, 0.1) is 39.9 Å². The number of hydrazone groups is 1. The van der Waals surface area contributed by atoms with Gasteiger partial charge in [0.15, 0.2) is 0 Å².